The molecule has 2 bridgehead atoms. The van der Waals surface area contributed by atoms with Crippen LogP contribution in [-0.4, -0.2) is 59.6 Å². The van der Waals surface area contributed by atoms with Gasteiger partial charge in [-0.15, -0.1) is 0 Å². The van der Waals surface area contributed by atoms with Crippen molar-refractivity contribution in [3.8, 4) is 28.4 Å². The highest BCUT2D eigenvalue weighted by Crippen LogP contribution is 2.39. The van der Waals surface area contributed by atoms with Gasteiger partial charge in [0.1, 0.15) is 23.0 Å². The van der Waals surface area contributed by atoms with Gasteiger partial charge in [-0.25, -0.2) is 14.8 Å². The molecule has 1 fully saturated rings. The van der Waals surface area contributed by atoms with Gasteiger partial charge in [0, 0.05) is 36.1 Å². The number of imidazole rings is 1. The molecule has 4 aromatic heterocycles. The molecule has 0 radical (unpaired) electrons. The third-order valence-corrected chi connectivity index (χ3v) is 9.26. The quantitative estimate of drug-likeness (QED) is 0.239. The highest BCUT2D eigenvalue weighted by atomic mass is 16.5. The van der Waals surface area contributed by atoms with Gasteiger partial charge in [-0.3, -0.25) is 4.98 Å². The number of nitrogens with zero attached hydrogens (tertiary/aromatic N) is 5. The molecule has 2 aromatic carbocycles. The number of rotatable bonds is 4. The van der Waals surface area contributed by atoms with Gasteiger partial charge in [0.25, 0.3) is 0 Å². The van der Waals surface area contributed by atoms with Gasteiger partial charge in [-0.1, -0.05) is 24.3 Å². The van der Waals surface area contributed by atoms with Crippen LogP contribution in [0.3, 0.4) is 0 Å². The number of carbonyl (C=O) groups is 1. The Kier molecular flexibility index (Phi) is 7.03. The average molecular weight is 616 g/mol. The van der Waals surface area contributed by atoms with E-state index in [9.17, 15) is 15.0 Å². The lowest BCUT2D eigenvalue weighted by molar-refractivity contribution is -0.106. The molecule has 0 amide bonds. The largest absolute Gasteiger partial charge is 0.494 e. The maximum absolute atomic E-state index is 12.0. The molecular weight excluding hydrogens is 582 g/mol. The number of aryl methyl sites for hydroxylation is 1. The number of hydrogen-bond donors (Lipinski definition) is 2. The minimum absolute atomic E-state index is 0.0922. The molecule has 2 N–H and O–H groups in total. The number of aromatic carboxylic acids is 1. The maximum atomic E-state index is 12.0. The van der Waals surface area contributed by atoms with Crippen molar-refractivity contribution < 1.29 is 24.5 Å². The number of methoxy groups -OCH3 is 1. The van der Waals surface area contributed by atoms with Crippen LogP contribution in [-0.2, 0) is 17.8 Å². The average Bonchev–Trinajstić information content (AvgIpc) is 3.60. The van der Waals surface area contributed by atoms with Crippen LogP contribution in [0, 0.1) is 0 Å². The van der Waals surface area contributed by atoms with Crippen LogP contribution in [0.1, 0.15) is 53.3 Å². The van der Waals surface area contributed by atoms with Gasteiger partial charge < -0.3 is 28.8 Å². The Bertz CT molecular complexity index is 2110. The molecule has 10 heteroatoms. The summed E-state index contributed by atoms with van der Waals surface area (Å²) in [6.45, 7) is 0.856. The highest BCUT2D eigenvalue weighted by Gasteiger charge is 2.31. The van der Waals surface area contributed by atoms with Gasteiger partial charge in [-0.2, -0.15) is 0 Å². The number of carboxylic acid groups (broad SMARTS) is 1. The summed E-state index contributed by atoms with van der Waals surface area (Å²) >= 11 is 0. The summed E-state index contributed by atoms with van der Waals surface area (Å²) < 4.78 is 16.5. The lowest BCUT2D eigenvalue weighted by Crippen LogP contribution is -2.31. The van der Waals surface area contributed by atoms with Crippen molar-refractivity contribution in [2.24, 2.45) is 0 Å². The predicted molar refractivity (Wildman–Crippen MR) is 173 cm³/mol. The van der Waals surface area contributed by atoms with Gasteiger partial charge in [0.15, 0.2) is 5.82 Å². The Balaban J connectivity index is 1.39. The number of fused-ring (bicyclic) bond motifs is 11. The number of carboxylic acids is 1. The number of aliphatic hydroxyl groups is 1. The lowest BCUT2D eigenvalue weighted by atomic mass is 9.91. The Morgan fingerprint density at radius 2 is 1.87 bits per heavy atom. The van der Waals surface area contributed by atoms with E-state index in [1.807, 2.05) is 42.7 Å². The van der Waals surface area contributed by atoms with Crippen LogP contribution in [0.25, 0.3) is 44.7 Å². The number of aromatic nitrogens is 5. The fourth-order valence-electron chi connectivity index (χ4n) is 6.77. The van der Waals surface area contributed by atoms with Gasteiger partial charge in [0.2, 0.25) is 0 Å². The summed E-state index contributed by atoms with van der Waals surface area (Å²) in [7, 11) is 1.53. The molecule has 10 nitrogen and oxygen atoms in total. The van der Waals surface area contributed by atoms with Crippen LogP contribution in [0.4, 0.5) is 0 Å². The molecular formula is C36H33N5O5. The van der Waals surface area contributed by atoms with E-state index in [1.54, 1.807) is 12.3 Å². The zero-order chi connectivity index (χ0) is 31.4. The molecule has 1 aliphatic carbocycles. The molecule has 0 saturated heterocycles. The Morgan fingerprint density at radius 3 is 2.67 bits per heavy atom. The first-order chi connectivity index (χ1) is 22.5. The molecule has 2 aliphatic rings. The second-order valence-electron chi connectivity index (χ2n) is 12.1. The van der Waals surface area contributed by atoms with E-state index in [0.29, 0.717) is 42.1 Å². The van der Waals surface area contributed by atoms with Crippen LogP contribution in [0.15, 0.2) is 79.3 Å². The molecule has 1 aliphatic heterocycles. The SMILES string of the molecule is COc1cc(C(=O)O)cc2nc3n(c12)Cc1cncc(c1)-c1ccccc1[C@H](OC1CCC1)[C@H](O)CCn1c-3cc2cccnc21. The molecule has 5 heterocycles. The van der Waals surface area contributed by atoms with E-state index in [2.05, 4.69) is 32.3 Å². The summed E-state index contributed by atoms with van der Waals surface area (Å²) in [5.74, 6) is -0.0129. The lowest BCUT2D eigenvalue weighted by Gasteiger charge is -2.34. The minimum Gasteiger partial charge on any atom is -0.494 e. The molecule has 8 rings (SSSR count). The number of ether oxygens (including phenoxy) is 2. The van der Waals surface area contributed by atoms with E-state index in [1.165, 1.54) is 13.2 Å². The van der Waals surface area contributed by atoms with E-state index in [4.69, 9.17) is 19.4 Å². The summed E-state index contributed by atoms with van der Waals surface area (Å²) in [5.41, 5.74) is 6.59. The standard InChI is InChI=1S/C36H33N5O5/c1-45-31-17-23(36(43)44)15-28-32(31)41-20-21-14-24(19-37-18-21)26-9-2-3-10-27(26)33(46-25-7-4-8-25)30(42)11-13-40-29(35(41)39-28)16-22-6-5-12-38-34(22)40/h2-3,5-6,9-10,12,14-19,25,30,33,42H,4,7-8,11,13,20H2,1H3,(H,43,44)/t30-,33+/m1/s1. The minimum atomic E-state index is -1.06. The normalized spacial score (nSPS) is 18.3. The summed E-state index contributed by atoms with van der Waals surface area (Å²) in [5, 5.41) is 22.7. The highest BCUT2D eigenvalue weighted by molar-refractivity contribution is 5.96. The molecule has 0 spiro atoms. The number of pyridine rings is 2. The van der Waals surface area contributed by atoms with Crippen molar-refractivity contribution in [3.05, 3.63) is 95.9 Å². The van der Waals surface area contributed by atoms with E-state index in [-0.39, 0.29) is 11.7 Å². The van der Waals surface area contributed by atoms with Gasteiger partial charge >= 0.3 is 5.97 Å². The number of benzene rings is 2. The number of aliphatic hydroxyl groups excluding tert-OH is 1. The Hall–Kier alpha value is -5.06. The van der Waals surface area contributed by atoms with E-state index < -0.39 is 18.2 Å². The van der Waals surface area contributed by atoms with Crippen LogP contribution in [0.2, 0.25) is 0 Å². The summed E-state index contributed by atoms with van der Waals surface area (Å²) in [6.07, 6.45) is 7.75. The van der Waals surface area contributed by atoms with Crippen molar-refractivity contribution in [2.45, 2.75) is 57.1 Å². The van der Waals surface area contributed by atoms with Gasteiger partial charge in [0.05, 0.1) is 42.6 Å². The molecule has 6 aromatic rings. The van der Waals surface area contributed by atoms with Gasteiger partial charge in [-0.05, 0) is 78.8 Å². The van der Waals surface area contributed by atoms with Crippen molar-refractivity contribution in [1.82, 2.24) is 24.1 Å². The topological polar surface area (TPSA) is 125 Å². The summed E-state index contributed by atoms with van der Waals surface area (Å²) in [4.78, 5) is 26.4. The van der Waals surface area contributed by atoms with E-state index in [0.717, 1.165) is 58.2 Å². The van der Waals surface area contributed by atoms with Crippen LogP contribution >= 0.6 is 0 Å². The zero-order valence-electron chi connectivity index (χ0n) is 25.3. The predicted octanol–water partition coefficient (Wildman–Crippen LogP) is 6.24. The fraction of sp³-hybridized carbons (Fsp3) is 0.278. The van der Waals surface area contributed by atoms with Crippen molar-refractivity contribution >= 4 is 28.0 Å². The Morgan fingerprint density at radius 1 is 1.00 bits per heavy atom. The molecule has 2 atom stereocenters. The second kappa shape index (κ2) is 11.4. The third-order valence-electron chi connectivity index (χ3n) is 9.26. The van der Waals surface area contributed by atoms with E-state index >= 15 is 0 Å². The third kappa shape index (κ3) is 4.81. The fourth-order valence-corrected chi connectivity index (χ4v) is 6.77. The number of hydrogen-bond acceptors (Lipinski definition) is 7. The molecule has 1 saturated carbocycles. The van der Waals surface area contributed by atoms with Crippen molar-refractivity contribution in [2.75, 3.05) is 7.11 Å². The van der Waals surface area contributed by atoms with Crippen LogP contribution in [0.5, 0.6) is 5.75 Å². The molecule has 46 heavy (non-hydrogen) atoms. The monoisotopic (exact) mass is 615 g/mol. The van der Waals surface area contributed by atoms with Crippen molar-refractivity contribution in [3.63, 3.8) is 0 Å². The second-order valence-corrected chi connectivity index (χ2v) is 12.1. The first kappa shape index (κ1) is 28.4. The molecule has 232 valence electrons. The maximum Gasteiger partial charge on any atom is 0.335 e. The first-order valence-corrected chi connectivity index (χ1v) is 15.6. The Labute approximate surface area is 264 Å². The molecule has 0 unspecified atom stereocenters. The first-order valence-electron chi connectivity index (χ1n) is 15.6. The van der Waals surface area contributed by atoms with Crippen molar-refractivity contribution in [1.29, 1.82) is 0 Å². The van der Waals surface area contributed by atoms with Crippen LogP contribution < -0.4 is 4.74 Å². The smallest absolute Gasteiger partial charge is 0.335 e. The zero-order valence-corrected chi connectivity index (χ0v) is 25.3. The summed E-state index contributed by atoms with van der Waals surface area (Å²) in [6, 6.07) is 19.3.